The highest BCUT2D eigenvalue weighted by molar-refractivity contribution is 4.79. The van der Waals surface area contributed by atoms with E-state index in [2.05, 4.69) is 31.0 Å². The molecule has 1 aliphatic carbocycles. The zero-order chi connectivity index (χ0) is 13.0. The summed E-state index contributed by atoms with van der Waals surface area (Å²) < 4.78 is 0. The molecule has 2 unspecified atom stereocenters. The van der Waals surface area contributed by atoms with Crippen LogP contribution in [0.4, 0.5) is 0 Å². The van der Waals surface area contributed by atoms with Gasteiger partial charge in [-0.1, -0.05) is 13.8 Å². The molecule has 0 aromatic heterocycles. The Hall–Kier alpha value is -0.0800. The summed E-state index contributed by atoms with van der Waals surface area (Å²) >= 11 is 0. The second kappa shape index (κ2) is 6.91. The van der Waals surface area contributed by atoms with Gasteiger partial charge in [0.1, 0.15) is 0 Å². The Kier molecular flexibility index (Phi) is 5.50. The van der Waals surface area contributed by atoms with Crippen molar-refractivity contribution in [1.29, 1.82) is 0 Å². The third-order valence-electron chi connectivity index (χ3n) is 5.12. The second-order valence-corrected chi connectivity index (χ2v) is 6.93. The molecule has 2 heteroatoms. The molecule has 2 fully saturated rings. The topological polar surface area (TPSA) is 15.3 Å². The lowest BCUT2D eigenvalue weighted by Crippen LogP contribution is -2.45. The normalized spacial score (nSPS) is 38.8. The molecule has 0 radical (unpaired) electrons. The molecule has 2 rings (SSSR count). The molecule has 1 saturated heterocycles. The lowest BCUT2D eigenvalue weighted by atomic mass is 9.87. The van der Waals surface area contributed by atoms with E-state index in [1.54, 1.807) is 0 Å². The van der Waals surface area contributed by atoms with Gasteiger partial charge in [-0.3, -0.25) is 4.90 Å². The first-order chi connectivity index (χ1) is 8.65. The molecule has 0 amide bonds. The van der Waals surface area contributed by atoms with E-state index in [1.807, 2.05) is 0 Å². The first kappa shape index (κ1) is 14.3. The SMILES string of the molecule is CC1CCC(NCCN2CCC(C)CC2C)CC1. The fourth-order valence-corrected chi connectivity index (χ4v) is 3.66. The molecule has 18 heavy (non-hydrogen) atoms. The maximum absolute atomic E-state index is 3.78. The van der Waals surface area contributed by atoms with Crippen LogP contribution in [0.1, 0.15) is 59.3 Å². The van der Waals surface area contributed by atoms with Crippen LogP contribution in [-0.4, -0.2) is 36.6 Å². The highest BCUT2D eigenvalue weighted by atomic mass is 15.2. The van der Waals surface area contributed by atoms with E-state index in [9.17, 15) is 0 Å². The Morgan fingerprint density at radius 3 is 2.33 bits per heavy atom. The predicted molar refractivity (Wildman–Crippen MR) is 78.9 cm³/mol. The van der Waals surface area contributed by atoms with Crippen LogP contribution < -0.4 is 5.32 Å². The molecule has 2 nitrogen and oxygen atoms in total. The Balaban J connectivity index is 1.60. The lowest BCUT2D eigenvalue weighted by Gasteiger charge is -2.37. The highest BCUT2D eigenvalue weighted by Gasteiger charge is 2.23. The van der Waals surface area contributed by atoms with Crippen molar-refractivity contribution >= 4 is 0 Å². The maximum atomic E-state index is 3.78. The maximum Gasteiger partial charge on any atom is 0.0110 e. The molecule has 1 N–H and O–H groups in total. The number of hydrogen-bond donors (Lipinski definition) is 1. The van der Waals surface area contributed by atoms with Crippen LogP contribution in [0.25, 0.3) is 0 Å². The van der Waals surface area contributed by atoms with Gasteiger partial charge in [0.15, 0.2) is 0 Å². The van der Waals surface area contributed by atoms with Crippen LogP contribution in [0.5, 0.6) is 0 Å². The summed E-state index contributed by atoms with van der Waals surface area (Å²) in [4.78, 5) is 2.68. The molecule has 1 aliphatic heterocycles. The summed E-state index contributed by atoms with van der Waals surface area (Å²) in [6.45, 7) is 10.9. The number of piperidine rings is 1. The predicted octanol–water partition coefficient (Wildman–Crippen LogP) is 3.28. The summed E-state index contributed by atoms with van der Waals surface area (Å²) in [5.74, 6) is 1.90. The Labute approximate surface area is 114 Å². The minimum Gasteiger partial charge on any atom is -0.313 e. The van der Waals surface area contributed by atoms with Gasteiger partial charge in [-0.05, 0) is 63.8 Å². The fourth-order valence-electron chi connectivity index (χ4n) is 3.66. The monoisotopic (exact) mass is 252 g/mol. The Morgan fingerprint density at radius 2 is 1.67 bits per heavy atom. The molecule has 0 bridgehead atoms. The van der Waals surface area contributed by atoms with E-state index in [0.29, 0.717) is 0 Å². The molecular weight excluding hydrogens is 220 g/mol. The first-order valence-corrected chi connectivity index (χ1v) is 8.12. The summed E-state index contributed by atoms with van der Waals surface area (Å²) in [5, 5.41) is 3.78. The van der Waals surface area contributed by atoms with Crippen molar-refractivity contribution in [3.05, 3.63) is 0 Å². The summed E-state index contributed by atoms with van der Waals surface area (Å²) in [6, 6.07) is 1.60. The van der Waals surface area contributed by atoms with Crippen molar-refractivity contribution in [2.75, 3.05) is 19.6 Å². The van der Waals surface area contributed by atoms with Crippen LogP contribution in [0.15, 0.2) is 0 Å². The minimum absolute atomic E-state index is 0.793. The van der Waals surface area contributed by atoms with E-state index < -0.39 is 0 Å². The molecule has 1 heterocycles. The van der Waals surface area contributed by atoms with E-state index >= 15 is 0 Å². The van der Waals surface area contributed by atoms with Gasteiger partial charge in [-0.2, -0.15) is 0 Å². The number of nitrogens with one attached hydrogen (secondary N) is 1. The molecule has 2 aliphatic rings. The first-order valence-electron chi connectivity index (χ1n) is 8.12. The third-order valence-corrected chi connectivity index (χ3v) is 5.12. The molecule has 106 valence electrons. The van der Waals surface area contributed by atoms with E-state index in [0.717, 1.165) is 23.9 Å². The molecule has 0 spiro atoms. The molecule has 1 saturated carbocycles. The smallest absolute Gasteiger partial charge is 0.0110 e. The molecule has 0 aromatic rings. The Morgan fingerprint density at radius 1 is 0.944 bits per heavy atom. The summed E-state index contributed by atoms with van der Waals surface area (Å²) in [5.41, 5.74) is 0. The highest BCUT2D eigenvalue weighted by Crippen LogP contribution is 2.24. The van der Waals surface area contributed by atoms with E-state index in [4.69, 9.17) is 0 Å². The van der Waals surface area contributed by atoms with Gasteiger partial charge >= 0.3 is 0 Å². The van der Waals surface area contributed by atoms with Gasteiger partial charge in [0.25, 0.3) is 0 Å². The molecule has 2 atom stereocenters. The standard InChI is InChI=1S/C16H32N2/c1-13-4-6-16(7-5-13)17-9-11-18-10-8-14(2)12-15(18)3/h13-17H,4-12H2,1-3H3. The van der Waals surface area contributed by atoms with E-state index in [1.165, 1.54) is 58.2 Å². The summed E-state index contributed by atoms with van der Waals surface area (Å²) in [7, 11) is 0. The van der Waals surface area contributed by atoms with Crippen LogP contribution >= 0.6 is 0 Å². The fraction of sp³-hybridized carbons (Fsp3) is 1.00. The number of rotatable bonds is 4. The zero-order valence-electron chi connectivity index (χ0n) is 12.6. The number of hydrogen-bond acceptors (Lipinski definition) is 2. The van der Waals surface area contributed by atoms with Crippen molar-refractivity contribution in [2.45, 2.75) is 71.4 Å². The van der Waals surface area contributed by atoms with Crippen molar-refractivity contribution in [2.24, 2.45) is 11.8 Å². The number of nitrogens with zero attached hydrogens (tertiary/aromatic N) is 1. The zero-order valence-corrected chi connectivity index (χ0v) is 12.6. The van der Waals surface area contributed by atoms with Gasteiger partial charge in [0, 0.05) is 25.2 Å². The van der Waals surface area contributed by atoms with Gasteiger partial charge in [-0.25, -0.2) is 0 Å². The molecule has 0 aromatic carbocycles. The van der Waals surface area contributed by atoms with Crippen LogP contribution in [-0.2, 0) is 0 Å². The van der Waals surface area contributed by atoms with Gasteiger partial charge in [-0.15, -0.1) is 0 Å². The minimum atomic E-state index is 0.793. The van der Waals surface area contributed by atoms with Crippen LogP contribution in [0.2, 0.25) is 0 Å². The number of likely N-dealkylation sites (tertiary alicyclic amines) is 1. The third kappa shape index (κ3) is 4.24. The van der Waals surface area contributed by atoms with Crippen LogP contribution in [0, 0.1) is 11.8 Å². The van der Waals surface area contributed by atoms with Crippen molar-refractivity contribution in [3.8, 4) is 0 Å². The Bertz CT molecular complexity index is 233. The van der Waals surface area contributed by atoms with Crippen molar-refractivity contribution < 1.29 is 0 Å². The van der Waals surface area contributed by atoms with Gasteiger partial charge in [0.05, 0.1) is 0 Å². The van der Waals surface area contributed by atoms with Crippen molar-refractivity contribution in [1.82, 2.24) is 10.2 Å². The average Bonchev–Trinajstić information content (AvgIpc) is 2.34. The lowest BCUT2D eigenvalue weighted by molar-refractivity contribution is 0.128. The van der Waals surface area contributed by atoms with Gasteiger partial charge < -0.3 is 5.32 Å². The van der Waals surface area contributed by atoms with E-state index in [-0.39, 0.29) is 0 Å². The largest absolute Gasteiger partial charge is 0.313 e. The van der Waals surface area contributed by atoms with Crippen molar-refractivity contribution in [3.63, 3.8) is 0 Å². The van der Waals surface area contributed by atoms with Crippen LogP contribution in [0.3, 0.4) is 0 Å². The quantitative estimate of drug-likeness (QED) is 0.826. The second-order valence-electron chi connectivity index (χ2n) is 6.93. The average molecular weight is 252 g/mol. The van der Waals surface area contributed by atoms with Gasteiger partial charge in [0.2, 0.25) is 0 Å². The summed E-state index contributed by atoms with van der Waals surface area (Å²) in [6.07, 6.45) is 8.43. The molecular formula is C16H32N2.